The van der Waals surface area contributed by atoms with Crippen molar-refractivity contribution in [2.24, 2.45) is 5.92 Å². The van der Waals surface area contributed by atoms with E-state index >= 15 is 0 Å². The average molecular weight is 278 g/mol. The molecule has 1 aromatic rings. The molecule has 0 saturated carbocycles. The Labute approximate surface area is 119 Å². The molecule has 0 aliphatic carbocycles. The van der Waals surface area contributed by atoms with Crippen molar-refractivity contribution in [1.29, 1.82) is 0 Å². The molecule has 0 aromatic heterocycles. The van der Waals surface area contributed by atoms with Crippen LogP contribution in [0.4, 0.5) is 5.69 Å². The molecule has 1 heterocycles. The van der Waals surface area contributed by atoms with Crippen molar-refractivity contribution in [2.45, 2.75) is 32.2 Å². The summed E-state index contributed by atoms with van der Waals surface area (Å²) < 4.78 is 5.57. The van der Waals surface area contributed by atoms with Gasteiger partial charge in [-0.25, -0.2) is 0 Å². The summed E-state index contributed by atoms with van der Waals surface area (Å²) in [4.78, 5) is 10.5. The first kappa shape index (κ1) is 14.9. The quantitative estimate of drug-likeness (QED) is 0.641. The third-order valence-electron chi connectivity index (χ3n) is 3.75. The van der Waals surface area contributed by atoms with Gasteiger partial charge < -0.3 is 10.1 Å². The smallest absolute Gasteiger partial charge is 0.269 e. The van der Waals surface area contributed by atoms with Crippen LogP contribution < -0.4 is 5.32 Å². The van der Waals surface area contributed by atoms with Crippen LogP contribution in [0.5, 0.6) is 0 Å². The summed E-state index contributed by atoms with van der Waals surface area (Å²) in [7, 11) is 0. The molecular formula is C15H22N2O3. The van der Waals surface area contributed by atoms with Crippen molar-refractivity contribution < 1.29 is 9.66 Å². The van der Waals surface area contributed by atoms with Gasteiger partial charge in [0.2, 0.25) is 0 Å². The van der Waals surface area contributed by atoms with Crippen molar-refractivity contribution in [3.05, 3.63) is 39.9 Å². The molecule has 110 valence electrons. The Balaban J connectivity index is 2.02. The highest BCUT2D eigenvalue weighted by Crippen LogP contribution is 2.22. The molecule has 5 heteroatoms. The van der Waals surface area contributed by atoms with Crippen LogP contribution in [0.15, 0.2) is 24.3 Å². The van der Waals surface area contributed by atoms with E-state index in [-0.39, 0.29) is 10.6 Å². The van der Waals surface area contributed by atoms with E-state index in [1.54, 1.807) is 12.1 Å². The zero-order chi connectivity index (χ0) is 14.4. The zero-order valence-corrected chi connectivity index (χ0v) is 11.9. The number of nitrogens with one attached hydrogen (secondary N) is 1. The molecule has 5 nitrogen and oxygen atoms in total. The minimum Gasteiger partial charge on any atom is -0.381 e. The number of non-ortho nitro benzene ring substituents is 1. The summed E-state index contributed by atoms with van der Waals surface area (Å²) in [6.07, 6.45) is 2.95. The van der Waals surface area contributed by atoms with Gasteiger partial charge in [0.1, 0.15) is 0 Å². The molecule has 0 bridgehead atoms. The number of benzene rings is 1. The molecular weight excluding hydrogens is 256 g/mol. The van der Waals surface area contributed by atoms with Crippen molar-refractivity contribution in [3.8, 4) is 0 Å². The van der Waals surface area contributed by atoms with Crippen LogP contribution >= 0.6 is 0 Å². The fraction of sp³-hybridized carbons (Fsp3) is 0.600. The van der Waals surface area contributed by atoms with Crippen LogP contribution in [-0.2, 0) is 11.2 Å². The van der Waals surface area contributed by atoms with E-state index in [9.17, 15) is 10.1 Å². The lowest BCUT2D eigenvalue weighted by molar-refractivity contribution is -0.384. The third kappa shape index (κ3) is 4.02. The predicted octanol–water partition coefficient (Wildman–Crippen LogP) is 2.54. The fourth-order valence-electron chi connectivity index (χ4n) is 2.70. The van der Waals surface area contributed by atoms with Gasteiger partial charge in [0.25, 0.3) is 5.69 Å². The number of hydrogen-bond donors (Lipinski definition) is 1. The largest absolute Gasteiger partial charge is 0.381 e. The summed E-state index contributed by atoms with van der Waals surface area (Å²) >= 11 is 0. The Bertz CT molecular complexity index is 450. The first-order valence-electron chi connectivity index (χ1n) is 7.25. The van der Waals surface area contributed by atoms with E-state index < -0.39 is 0 Å². The molecule has 1 N–H and O–H groups in total. The summed E-state index contributed by atoms with van der Waals surface area (Å²) in [6, 6.07) is 7.37. The maximum atomic E-state index is 10.8. The van der Waals surface area contributed by atoms with Crippen LogP contribution in [0.25, 0.3) is 0 Å². The van der Waals surface area contributed by atoms with Gasteiger partial charge >= 0.3 is 0 Å². The van der Waals surface area contributed by atoms with Crippen molar-refractivity contribution in [3.63, 3.8) is 0 Å². The Kier molecular flexibility index (Phi) is 5.49. The first-order valence-corrected chi connectivity index (χ1v) is 7.25. The monoisotopic (exact) mass is 278 g/mol. The number of hydrogen-bond acceptors (Lipinski definition) is 4. The van der Waals surface area contributed by atoms with Crippen molar-refractivity contribution in [2.75, 3.05) is 19.8 Å². The van der Waals surface area contributed by atoms with E-state index in [1.165, 1.54) is 6.07 Å². The highest BCUT2D eigenvalue weighted by atomic mass is 16.6. The van der Waals surface area contributed by atoms with Crippen molar-refractivity contribution >= 4 is 5.69 Å². The predicted molar refractivity (Wildman–Crippen MR) is 77.8 cm³/mol. The van der Waals surface area contributed by atoms with Gasteiger partial charge in [-0.15, -0.1) is 0 Å². The zero-order valence-electron chi connectivity index (χ0n) is 11.9. The standard InChI is InChI=1S/C15H22N2O3/c1-2-7-16-15-6-8-20-11-13(15)9-12-4-3-5-14(10-12)17(18)19/h3-5,10,13,15-16H,2,6-9,11H2,1H3. The molecule has 0 radical (unpaired) electrons. The lowest BCUT2D eigenvalue weighted by Crippen LogP contribution is -2.43. The second-order valence-corrected chi connectivity index (χ2v) is 5.32. The van der Waals surface area contributed by atoms with Crippen LogP contribution in [0.1, 0.15) is 25.3 Å². The number of nitrogens with zero attached hydrogens (tertiary/aromatic N) is 1. The van der Waals surface area contributed by atoms with Crippen LogP contribution in [-0.4, -0.2) is 30.7 Å². The first-order chi connectivity index (χ1) is 9.70. The van der Waals surface area contributed by atoms with Crippen LogP contribution in [0.2, 0.25) is 0 Å². The fourth-order valence-corrected chi connectivity index (χ4v) is 2.70. The molecule has 2 atom stereocenters. The molecule has 1 aliphatic rings. The van der Waals surface area contributed by atoms with Gasteiger partial charge in [-0.05, 0) is 31.4 Å². The van der Waals surface area contributed by atoms with E-state index in [1.807, 2.05) is 6.07 Å². The summed E-state index contributed by atoms with van der Waals surface area (Å²) in [5.74, 6) is 0.386. The van der Waals surface area contributed by atoms with Gasteiger partial charge in [-0.1, -0.05) is 19.1 Å². The molecule has 20 heavy (non-hydrogen) atoms. The Morgan fingerprint density at radius 1 is 1.50 bits per heavy atom. The maximum absolute atomic E-state index is 10.8. The number of ether oxygens (including phenoxy) is 1. The third-order valence-corrected chi connectivity index (χ3v) is 3.75. The minimum atomic E-state index is -0.340. The number of nitro benzene ring substituents is 1. The van der Waals surface area contributed by atoms with Gasteiger partial charge in [0.15, 0.2) is 0 Å². The molecule has 1 aromatic carbocycles. The van der Waals surface area contributed by atoms with E-state index in [0.29, 0.717) is 12.0 Å². The van der Waals surface area contributed by atoms with Gasteiger partial charge in [0.05, 0.1) is 11.5 Å². The van der Waals surface area contributed by atoms with Crippen LogP contribution in [0, 0.1) is 16.0 Å². The molecule has 0 spiro atoms. The second kappa shape index (κ2) is 7.36. The van der Waals surface area contributed by atoms with E-state index in [2.05, 4.69) is 12.2 Å². The normalized spacial score (nSPS) is 22.6. The highest BCUT2D eigenvalue weighted by molar-refractivity contribution is 5.34. The lowest BCUT2D eigenvalue weighted by Gasteiger charge is -2.32. The molecule has 2 unspecified atom stereocenters. The Morgan fingerprint density at radius 2 is 2.35 bits per heavy atom. The topological polar surface area (TPSA) is 64.4 Å². The molecule has 1 aliphatic heterocycles. The van der Waals surface area contributed by atoms with Gasteiger partial charge in [0, 0.05) is 30.7 Å². The van der Waals surface area contributed by atoms with Gasteiger partial charge in [-0.3, -0.25) is 10.1 Å². The van der Waals surface area contributed by atoms with E-state index in [0.717, 1.165) is 44.6 Å². The average Bonchev–Trinajstić information content (AvgIpc) is 2.46. The maximum Gasteiger partial charge on any atom is 0.269 e. The summed E-state index contributed by atoms with van der Waals surface area (Å²) in [5, 5.41) is 14.4. The Morgan fingerprint density at radius 3 is 3.10 bits per heavy atom. The molecule has 2 rings (SSSR count). The molecule has 1 fully saturated rings. The Hall–Kier alpha value is -1.46. The van der Waals surface area contributed by atoms with Crippen LogP contribution in [0.3, 0.4) is 0 Å². The number of rotatable bonds is 6. The van der Waals surface area contributed by atoms with Crippen molar-refractivity contribution in [1.82, 2.24) is 5.32 Å². The second-order valence-electron chi connectivity index (χ2n) is 5.32. The highest BCUT2D eigenvalue weighted by Gasteiger charge is 2.25. The molecule has 1 saturated heterocycles. The SMILES string of the molecule is CCCNC1CCOCC1Cc1cccc([N+](=O)[O-])c1. The number of nitro groups is 1. The summed E-state index contributed by atoms with van der Waals surface area (Å²) in [5.41, 5.74) is 1.18. The van der Waals surface area contributed by atoms with E-state index in [4.69, 9.17) is 4.74 Å². The summed E-state index contributed by atoms with van der Waals surface area (Å²) in [6.45, 7) is 4.69. The lowest BCUT2D eigenvalue weighted by atomic mass is 9.89. The minimum absolute atomic E-state index is 0.164. The van der Waals surface area contributed by atoms with Gasteiger partial charge in [-0.2, -0.15) is 0 Å². The molecule has 0 amide bonds.